The van der Waals surface area contributed by atoms with Crippen molar-refractivity contribution in [2.45, 2.75) is 82.6 Å². The minimum Gasteiger partial charge on any atom is -0.483 e. The summed E-state index contributed by atoms with van der Waals surface area (Å²) in [5, 5.41) is 9.68. The number of halogens is 1. The van der Waals surface area contributed by atoms with Crippen molar-refractivity contribution < 1.29 is 13.9 Å². The van der Waals surface area contributed by atoms with E-state index in [-0.39, 0.29) is 30.1 Å². The molecule has 5 atom stereocenters. The third-order valence-electron chi connectivity index (χ3n) is 8.20. The van der Waals surface area contributed by atoms with Crippen molar-refractivity contribution in [2.24, 2.45) is 17.8 Å². The molecule has 2 heterocycles. The molecule has 1 saturated heterocycles. The first-order chi connectivity index (χ1) is 16.5. The molecule has 1 aliphatic heterocycles. The summed E-state index contributed by atoms with van der Waals surface area (Å²) >= 11 is 1.47. The lowest BCUT2D eigenvalue weighted by atomic mass is 9.84. The van der Waals surface area contributed by atoms with E-state index in [9.17, 15) is 9.18 Å². The maximum atomic E-state index is 14.1. The van der Waals surface area contributed by atoms with Gasteiger partial charge < -0.3 is 9.64 Å². The van der Waals surface area contributed by atoms with Crippen LogP contribution in [-0.4, -0.2) is 43.9 Å². The number of rotatable bonds is 8. The molecule has 1 amide bonds. The van der Waals surface area contributed by atoms with E-state index in [2.05, 4.69) is 28.6 Å². The molecule has 2 aliphatic carbocycles. The van der Waals surface area contributed by atoms with Crippen LogP contribution in [0.4, 0.5) is 4.39 Å². The molecular formula is C26H35FN4O2S. The molecular weight excluding hydrogens is 451 g/mol. The van der Waals surface area contributed by atoms with Crippen molar-refractivity contribution in [3.63, 3.8) is 0 Å². The zero-order valence-electron chi connectivity index (χ0n) is 20.2. The third-order valence-corrected chi connectivity index (χ3v) is 9.12. The molecule has 184 valence electrons. The fourth-order valence-electron chi connectivity index (χ4n) is 6.37. The van der Waals surface area contributed by atoms with Gasteiger partial charge in [-0.25, -0.2) is 4.39 Å². The first-order valence-corrected chi connectivity index (χ1v) is 13.7. The second-order valence-corrected chi connectivity index (χ2v) is 11.2. The van der Waals surface area contributed by atoms with E-state index in [1.165, 1.54) is 49.9 Å². The third kappa shape index (κ3) is 4.83. The smallest absolute Gasteiger partial charge is 0.233 e. The monoisotopic (exact) mass is 486 g/mol. The van der Waals surface area contributed by atoms with Gasteiger partial charge in [0.25, 0.3) is 0 Å². The number of thioether (sulfide) groups is 1. The highest BCUT2D eigenvalue weighted by atomic mass is 32.2. The van der Waals surface area contributed by atoms with Crippen molar-refractivity contribution in [1.82, 2.24) is 19.7 Å². The van der Waals surface area contributed by atoms with Gasteiger partial charge in [0, 0.05) is 18.6 Å². The molecule has 3 aliphatic rings. The molecule has 1 aromatic heterocycles. The number of ether oxygens (including phenoxy) is 1. The number of benzene rings is 1. The molecule has 0 N–H and O–H groups in total. The second kappa shape index (κ2) is 10.3. The van der Waals surface area contributed by atoms with Crippen LogP contribution in [0.3, 0.4) is 0 Å². The van der Waals surface area contributed by atoms with E-state index in [4.69, 9.17) is 4.74 Å². The van der Waals surface area contributed by atoms with E-state index in [1.54, 1.807) is 18.2 Å². The van der Waals surface area contributed by atoms with Crippen LogP contribution in [0.5, 0.6) is 5.75 Å². The largest absolute Gasteiger partial charge is 0.483 e. The molecule has 8 heteroatoms. The van der Waals surface area contributed by atoms with Crippen LogP contribution in [0, 0.1) is 23.6 Å². The molecule has 5 unspecified atom stereocenters. The number of hydrogen-bond donors (Lipinski definition) is 0. The Labute approximate surface area is 205 Å². The Morgan fingerprint density at radius 2 is 2.06 bits per heavy atom. The van der Waals surface area contributed by atoms with Crippen molar-refractivity contribution in [3.05, 3.63) is 35.9 Å². The predicted molar refractivity (Wildman–Crippen MR) is 130 cm³/mol. The second-order valence-electron chi connectivity index (χ2n) is 10.3. The number of fused-ring (bicyclic) bond motifs is 2. The lowest BCUT2D eigenvalue weighted by Crippen LogP contribution is -2.43. The normalized spacial score (nSPS) is 27.2. The number of nitrogens with zero attached hydrogens (tertiary/aromatic N) is 4. The van der Waals surface area contributed by atoms with E-state index in [0.29, 0.717) is 23.5 Å². The van der Waals surface area contributed by atoms with Crippen LogP contribution in [0.1, 0.15) is 70.7 Å². The first kappa shape index (κ1) is 23.6. The highest BCUT2D eigenvalue weighted by Crippen LogP contribution is 2.52. The standard InChI is InChI=1S/C26H35FN4O2S/c1-17-7-5-6-12-30(17)25(32)16-34-26-29-28-24(15-33-23-9-4-3-8-22(23)27)31(26)18(2)21-14-19-10-11-20(21)13-19/h3-4,8-9,17-21H,5-7,10-16H2,1-2H3. The van der Waals surface area contributed by atoms with Gasteiger partial charge in [0.15, 0.2) is 22.5 Å². The number of amides is 1. The molecule has 1 aromatic carbocycles. The molecule has 0 radical (unpaired) electrons. The quantitative estimate of drug-likeness (QED) is 0.462. The fourth-order valence-corrected chi connectivity index (χ4v) is 7.30. The molecule has 2 bridgehead atoms. The average Bonchev–Trinajstić information content (AvgIpc) is 3.58. The van der Waals surface area contributed by atoms with E-state index in [0.717, 1.165) is 36.4 Å². The summed E-state index contributed by atoms with van der Waals surface area (Å²) in [4.78, 5) is 15.0. The number of aromatic nitrogens is 3. The summed E-state index contributed by atoms with van der Waals surface area (Å²) in [5.41, 5.74) is 0. The Kier molecular flexibility index (Phi) is 7.14. The van der Waals surface area contributed by atoms with Gasteiger partial charge in [0.2, 0.25) is 5.91 Å². The van der Waals surface area contributed by atoms with Crippen LogP contribution < -0.4 is 4.74 Å². The Morgan fingerprint density at radius 1 is 1.21 bits per heavy atom. The molecule has 0 spiro atoms. The Morgan fingerprint density at radius 3 is 2.79 bits per heavy atom. The number of carbonyl (C=O) groups is 1. The van der Waals surface area contributed by atoms with Gasteiger partial charge in [-0.3, -0.25) is 9.36 Å². The van der Waals surface area contributed by atoms with Gasteiger partial charge >= 0.3 is 0 Å². The topological polar surface area (TPSA) is 60.3 Å². The molecule has 6 nitrogen and oxygen atoms in total. The van der Waals surface area contributed by atoms with Crippen molar-refractivity contribution in [2.75, 3.05) is 12.3 Å². The number of carbonyl (C=O) groups excluding carboxylic acids is 1. The maximum absolute atomic E-state index is 14.1. The maximum Gasteiger partial charge on any atom is 0.233 e. The van der Waals surface area contributed by atoms with E-state index >= 15 is 0 Å². The van der Waals surface area contributed by atoms with Gasteiger partial charge in [-0.05, 0) is 82.3 Å². The van der Waals surface area contributed by atoms with Gasteiger partial charge in [0.05, 0.1) is 5.75 Å². The summed E-state index contributed by atoms with van der Waals surface area (Å²) in [6.07, 6.45) is 8.57. The summed E-state index contributed by atoms with van der Waals surface area (Å²) in [5.74, 6) is 3.22. The highest BCUT2D eigenvalue weighted by Gasteiger charge is 2.43. The summed E-state index contributed by atoms with van der Waals surface area (Å²) < 4.78 is 22.1. The zero-order chi connectivity index (χ0) is 23.7. The van der Waals surface area contributed by atoms with Crippen molar-refractivity contribution in [1.29, 1.82) is 0 Å². The lowest BCUT2D eigenvalue weighted by molar-refractivity contribution is -0.131. The van der Waals surface area contributed by atoms with Crippen LogP contribution >= 0.6 is 11.8 Å². The molecule has 2 aromatic rings. The summed E-state index contributed by atoms with van der Waals surface area (Å²) in [6, 6.07) is 6.95. The van der Waals surface area contributed by atoms with Crippen LogP contribution in [-0.2, 0) is 11.4 Å². The van der Waals surface area contributed by atoms with Gasteiger partial charge in [0.1, 0.15) is 6.61 Å². The number of para-hydroxylation sites is 1. The van der Waals surface area contributed by atoms with Crippen molar-refractivity contribution in [3.8, 4) is 5.75 Å². The summed E-state index contributed by atoms with van der Waals surface area (Å²) in [6.45, 7) is 5.38. The molecule has 3 fully saturated rings. The summed E-state index contributed by atoms with van der Waals surface area (Å²) in [7, 11) is 0. The molecule has 2 saturated carbocycles. The Balaban J connectivity index is 1.34. The minimum absolute atomic E-state index is 0.150. The number of likely N-dealkylation sites (tertiary alicyclic amines) is 1. The van der Waals surface area contributed by atoms with Gasteiger partial charge in [-0.1, -0.05) is 30.3 Å². The average molecular weight is 487 g/mol. The first-order valence-electron chi connectivity index (χ1n) is 12.7. The number of piperidine rings is 1. The van der Waals surface area contributed by atoms with Crippen LogP contribution in [0.25, 0.3) is 0 Å². The minimum atomic E-state index is -0.384. The predicted octanol–water partition coefficient (Wildman–Crippen LogP) is 5.49. The Bertz CT molecular complexity index is 1010. The molecule has 34 heavy (non-hydrogen) atoms. The highest BCUT2D eigenvalue weighted by molar-refractivity contribution is 7.99. The van der Waals surface area contributed by atoms with Crippen LogP contribution in [0.2, 0.25) is 0 Å². The van der Waals surface area contributed by atoms with Gasteiger partial charge in [-0.15, -0.1) is 10.2 Å². The van der Waals surface area contributed by atoms with Crippen LogP contribution in [0.15, 0.2) is 29.4 Å². The SMILES string of the molecule is CC1CCCCN1C(=O)CSc1nnc(COc2ccccc2F)n1C(C)C1CC2CCC1C2. The van der Waals surface area contributed by atoms with Gasteiger partial charge in [-0.2, -0.15) is 0 Å². The van der Waals surface area contributed by atoms with E-state index in [1.807, 2.05) is 4.90 Å². The Hall–Kier alpha value is -2.09. The lowest BCUT2D eigenvalue weighted by Gasteiger charge is -2.33. The zero-order valence-corrected chi connectivity index (χ0v) is 21.0. The molecule has 5 rings (SSSR count). The van der Waals surface area contributed by atoms with E-state index < -0.39 is 0 Å². The van der Waals surface area contributed by atoms with Crippen molar-refractivity contribution >= 4 is 17.7 Å². The number of hydrogen-bond acceptors (Lipinski definition) is 5. The fraction of sp³-hybridized carbons (Fsp3) is 0.654.